The van der Waals surface area contributed by atoms with Crippen LogP contribution in [0.1, 0.15) is 321 Å². The van der Waals surface area contributed by atoms with Crippen molar-refractivity contribution in [3.8, 4) is 0 Å². The van der Waals surface area contributed by atoms with Crippen LogP contribution in [0.2, 0.25) is 0 Å². The van der Waals surface area contributed by atoms with Gasteiger partial charge >= 0.3 is 35.8 Å². The van der Waals surface area contributed by atoms with Crippen molar-refractivity contribution in [1.29, 1.82) is 0 Å². The van der Waals surface area contributed by atoms with Crippen molar-refractivity contribution in [2.24, 2.45) is 112 Å². The van der Waals surface area contributed by atoms with Gasteiger partial charge in [0.2, 0.25) is 0 Å². The van der Waals surface area contributed by atoms with Crippen molar-refractivity contribution in [3.63, 3.8) is 0 Å². The quantitative estimate of drug-likeness (QED) is 0.0108. The van der Waals surface area contributed by atoms with E-state index in [1.807, 2.05) is 0 Å². The highest BCUT2D eigenvalue weighted by Gasteiger charge is 2.70. The molecule has 16 nitrogen and oxygen atoms in total. The van der Waals surface area contributed by atoms with Gasteiger partial charge in [0.15, 0.2) is 13.6 Å². The molecule has 6 saturated carbocycles. The summed E-state index contributed by atoms with van der Waals surface area (Å²) in [5.41, 5.74) is 3.29. The van der Waals surface area contributed by atoms with Crippen molar-refractivity contribution in [1.82, 2.24) is 0 Å². The average Bonchev–Trinajstić information content (AvgIpc) is 1.39. The fourth-order valence-corrected chi connectivity index (χ4v) is 26.2. The molecule has 0 amide bonds. The smallest absolute Gasteiger partial charge is 0.324 e. The second kappa shape index (κ2) is 39.0. The predicted octanol–water partition coefficient (Wildman–Crippen LogP) is 23.4. The Bertz CT molecular complexity index is 3140. The Morgan fingerprint density at radius 1 is 0.473 bits per heavy atom. The van der Waals surface area contributed by atoms with Crippen LogP contribution in [-0.4, -0.2) is 114 Å². The van der Waals surface area contributed by atoms with Gasteiger partial charge in [-0.05, 0) is 281 Å². The molecular weight excluding hydrogens is 1470 g/mol. The Balaban J connectivity index is 0.000000340. The van der Waals surface area contributed by atoms with Gasteiger partial charge in [0.25, 0.3) is 0 Å². The number of esters is 4. The molecule has 0 aromatic rings. The normalized spacial score (nSPS) is 32.3. The molecule has 0 aromatic heterocycles. The third-order valence-electron chi connectivity index (χ3n) is 31.3. The Hall–Kier alpha value is -2.46. The van der Waals surface area contributed by atoms with Crippen LogP contribution in [0.3, 0.4) is 0 Å². The Kier molecular flexibility index (Phi) is 34.1. The summed E-state index contributed by atoms with van der Waals surface area (Å²) >= 11 is 1.67. The maximum Gasteiger partial charge on any atom is 0.324 e. The van der Waals surface area contributed by atoms with Gasteiger partial charge in [-0.3, -0.25) is 28.8 Å². The molecule has 8 aliphatic carbocycles. The van der Waals surface area contributed by atoms with Gasteiger partial charge in [-0.1, -0.05) is 174 Å². The first-order valence-corrected chi connectivity index (χ1v) is 46.4. The van der Waals surface area contributed by atoms with Crippen LogP contribution in [0.25, 0.3) is 0 Å². The topological polar surface area (TPSA) is 195 Å². The molecule has 0 bridgehead atoms. The fourth-order valence-electron chi connectivity index (χ4n) is 23.5. The van der Waals surface area contributed by atoms with Gasteiger partial charge in [-0.2, -0.15) is 0 Å². The standard InChI is InChI=1S/C45H76O8S2.C44H74O8S2.CH4/c1-31(2)15-14-20-41(7,8)44(11)24-23-42(9)34-17-16-32-27-33(18-21-43(32,10)45(34,12)22-19-35(42)44)51-30-52-37(47)39(3,4)29-40(5,6)38(48)53-55-54-28-36(46)50-26-25-49-13;1-30(2)14-13-19-40(6,7)43(10)23-22-41(8)34-16-15-32-26-33(17-20-42(32,9)44(34,11)21-18-35(41)43)50-29-51-37(46)31(3)27-39(4,5)38(47)52-54-53-28-36(45)49-25-24-48-12;/h16,31,33-35H,14-15,17-30H2,1-13H3;15,30-31,33-35H,13-14,16-29H2,1-12H3;1H4/t33?,34-,35-,42-,43-,44-,45-;31?,33?,34-,35-,41-,42-,43-,44-;/m00./s1. The minimum Gasteiger partial charge on any atom is -0.463 e. The zero-order valence-corrected chi connectivity index (χ0v) is 75.9. The van der Waals surface area contributed by atoms with E-state index in [1.165, 1.54) is 104 Å². The van der Waals surface area contributed by atoms with Crippen molar-refractivity contribution in [3.05, 3.63) is 23.3 Å². The Morgan fingerprint density at radius 3 is 1.26 bits per heavy atom. The summed E-state index contributed by atoms with van der Waals surface area (Å²) in [6.07, 6.45) is 32.6. The first kappa shape index (κ1) is 96.4. The number of hydrogen-bond donors (Lipinski definition) is 0. The largest absolute Gasteiger partial charge is 0.463 e. The number of rotatable bonds is 38. The van der Waals surface area contributed by atoms with E-state index >= 15 is 0 Å². The molecule has 6 fully saturated rings. The van der Waals surface area contributed by atoms with Crippen LogP contribution in [0.4, 0.5) is 0 Å². The summed E-state index contributed by atoms with van der Waals surface area (Å²) in [4.78, 5) is 75.4. The zero-order chi connectivity index (χ0) is 81.3. The van der Waals surface area contributed by atoms with E-state index < -0.39 is 52.0 Å². The van der Waals surface area contributed by atoms with Crippen molar-refractivity contribution >= 4 is 79.6 Å². The molecule has 0 N–H and O–H groups in total. The molecule has 3 unspecified atom stereocenters. The molecule has 0 radical (unpaired) electrons. The highest BCUT2D eigenvalue weighted by atomic mass is 33.1. The van der Waals surface area contributed by atoms with E-state index in [-0.39, 0.29) is 98.4 Å². The molecule has 0 spiro atoms. The molecule has 0 saturated heterocycles. The predicted molar refractivity (Wildman–Crippen MR) is 450 cm³/mol. The van der Waals surface area contributed by atoms with Crippen LogP contribution in [0, 0.1) is 112 Å². The summed E-state index contributed by atoms with van der Waals surface area (Å²) in [6.45, 7) is 54.0. The maximum atomic E-state index is 13.3. The van der Waals surface area contributed by atoms with Gasteiger partial charge in [0.1, 0.15) is 46.9 Å². The molecule has 0 aliphatic heterocycles. The molecule has 8 rings (SSSR count). The summed E-state index contributed by atoms with van der Waals surface area (Å²) in [5, 5.41) is 0. The number of carbonyl (C=O) groups is 6. The molecule has 8 aliphatic rings. The fraction of sp³-hybridized carbons (Fsp3) is 0.889. The Morgan fingerprint density at radius 2 is 0.864 bits per heavy atom. The third kappa shape index (κ3) is 21.3. The zero-order valence-electron chi connectivity index (χ0n) is 72.6. The Labute approximate surface area is 684 Å². The summed E-state index contributed by atoms with van der Waals surface area (Å²) in [7, 11) is 5.22. The lowest BCUT2D eigenvalue weighted by molar-refractivity contribution is -0.178. The van der Waals surface area contributed by atoms with Gasteiger partial charge in [0.05, 0.1) is 47.6 Å². The molecule has 20 heteroatoms. The maximum absolute atomic E-state index is 13.3. The molecule has 15 atom stereocenters. The van der Waals surface area contributed by atoms with E-state index in [1.54, 1.807) is 59.6 Å². The second-order valence-corrected chi connectivity index (χ2v) is 44.7. The number of allylic oxidation sites excluding steroid dienone is 2. The minimum atomic E-state index is -0.956. The SMILES string of the molecule is C.COCCOC(=O)CSSOC(=O)C(C)(C)CC(C)(C)C(=O)OCOC1CC[C@@]2(C)C(=CC[C@H]3[C@]4(C)CC[C@](C)(C(C)(C)CCCC(C)C)[C@H]4CC[C@@]32C)C1.COCCOC(=O)CSSOC(=O)C(C)(C)CC(C)C(=O)OCOC1CC[C@@]2(C)C(=CC[C@H]3[C@]4(C)CC[C@](C)(C(C)(C)CCCC(C)C)[C@H]4CC[C@@]32C)C1. The molecule has 0 heterocycles. The summed E-state index contributed by atoms with van der Waals surface area (Å²) in [6, 6.07) is 0. The number of carbonyl (C=O) groups excluding carboxylic acids is 6. The molecule has 634 valence electrons. The van der Waals surface area contributed by atoms with E-state index in [4.69, 9.17) is 46.3 Å². The van der Waals surface area contributed by atoms with Gasteiger partial charge in [-0.15, -0.1) is 0 Å². The number of methoxy groups -OCH3 is 2. The van der Waals surface area contributed by atoms with E-state index in [9.17, 15) is 28.8 Å². The summed E-state index contributed by atoms with van der Waals surface area (Å²) in [5.74, 6) is 1.50. The molecule has 110 heavy (non-hydrogen) atoms. The second-order valence-electron chi connectivity index (χ2n) is 40.9. The highest BCUT2D eigenvalue weighted by Crippen LogP contribution is 2.78. The van der Waals surface area contributed by atoms with E-state index in [0.717, 1.165) is 119 Å². The van der Waals surface area contributed by atoms with Crippen LogP contribution < -0.4 is 0 Å². The van der Waals surface area contributed by atoms with Crippen LogP contribution >= 0.6 is 43.7 Å². The van der Waals surface area contributed by atoms with Crippen molar-refractivity contribution < 1.29 is 75.0 Å². The lowest BCUT2D eigenvalue weighted by Gasteiger charge is -2.66. The molecule has 0 aromatic carbocycles. The molecular formula is C90H154O16S4. The summed E-state index contributed by atoms with van der Waals surface area (Å²) < 4.78 is 54.2. The lowest BCUT2D eigenvalue weighted by Crippen LogP contribution is -2.59. The van der Waals surface area contributed by atoms with E-state index in [2.05, 4.69) is 123 Å². The van der Waals surface area contributed by atoms with Gasteiger partial charge < -0.3 is 46.3 Å². The number of hydrogen-bond acceptors (Lipinski definition) is 20. The van der Waals surface area contributed by atoms with Crippen molar-refractivity contribution in [2.45, 2.75) is 333 Å². The minimum absolute atomic E-state index is 0. The average molecular weight is 1620 g/mol. The van der Waals surface area contributed by atoms with Gasteiger partial charge in [0, 0.05) is 14.2 Å². The number of ether oxygens (including phenoxy) is 8. The lowest BCUT2D eigenvalue weighted by atomic mass is 9.38. The van der Waals surface area contributed by atoms with Crippen LogP contribution in [0.15, 0.2) is 23.3 Å². The van der Waals surface area contributed by atoms with Crippen molar-refractivity contribution in [2.75, 3.05) is 65.7 Å². The van der Waals surface area contributed by atoms with Crippen LogP contribution in [0.5, 0.6) is 0 Å². The third-order valence-corrected chi connectivity index (χ3v) is 34.3. The van der Waals surface area contributed by atoms with Crippen LogP contribution in [-0.2, 0) is 75.0 Å². The number of fused-ring (bicyclic) bond motifs is 10. The first-order valence-electron chi connectivity index (χ1n) is 41.9. The van der Waals surface area contributed by atoms with E-state index in [0.29, 0.717) is 57.5 Å². The monoisotopic (exact) mass is 1620 g/mol. The highest BCUT2D eigenvalue weighted by molar-refractivity contribution is 8.75. The van der Waals surface area contributed by atoms with Gasteiger partial charge in [-0.25, -0.2) is 0 Å². The first-order chi connectivity index (χ1) is 50.7.